The van der Waals surface area contributed by atoms with Gasteiger partial charge in [-0.25, -0.2) is 0 Å². The van der Waals surface area contributed by atoms with Gasteiger partial charge in [0.15, 0.2) is 11.5 Å². The second kappa shape index (κ2) is 14.7. The van der Waals surface area contributed by atoms with Gasteiger partial charge >= 0.3 is 0 Å². The van der Waals surface area contributed by atoms with Gasteiger partial charge in [-0.3, -0.25) is 4.90 Å². The van der Waals surface area contributed by atoms with E-state index in [1.807, 2.05) is 18.2 Å². The molecule has 5 nitrogen and oxygen atoms in total. The van der Waals surface area contributed by atoms with Crippen LogP contribution in [0.25, 0.3) is 0 Å². The van der Waals surface area contributed by atoms with E-state index in [0.717, 1.165) is 61.5 Å². The lowest BCUT2D eigenvalue weighted by Crippen LogP contribution is -2.40. The first-order valence-electron chi connectivity index (χ1n) is 9.51. The van der Waals surface area contributed by atoms with Crippen LogP contribution in [-0.2, 0) is 17.9 Å². The number of nitrogens with one attached hydrogen (secondary N) is 1. The summed E-state index contributed by atoms with van der Waals surface area (Å²) < 4.78 is 17.8. The summed E-state index contributed by atoms with van der Waals surface area (Å²) in [5.74, 6) is 1.32. The lowest BCUT2D eigenvalue weighted by atomic mass is 10.2. The lowest BCUT2D eigenvalue weighted by Gasteiger charge is -2.26. The summed E-state index contributed by atoms with van der Waals surface area (Å²) in [5.41, 5.74) is 1.98. The van der Waals surface area contributed by atoms with Crippen molar-refractivity contribution in [2.75, 3.05) is 46.5 Å². The average Bonchev–Trinajstić information content (AvgIpc) is 2.72. The Morgan fingerprint density at radius 2 is 1.87 bits per heavy atom. The third-order valence-electron chi connectivity index (χ3n) is 4.71. The number of ether oxygens (including phenoxy) is 3. The summed E-state index contributed by atoms with van der Waals surface area (Å²) >= 11 is 15.8. The number of hydrogen-bond donors (Lipinski definition) is 1. The molecule has 1 N–H and O–H groups in total. The van der Waals surface area contributed by atoms with E-state index in [-0.39, 0.29) is 24.8 Å². The van der Waals surface area contributed by atoms with Crippen molar-refractivity contribution < 1.29 is 14.2 Å². The Labute approximate surface area is 214 Å². The molecule has 0 aliphatic carbocycles. The SMILES string of the molecule is COc1cc(CNCCN2CCOCC2)cc(Br)c1OCc1ccc(Cl)cc1Cl.Cl.Cl. The molecule has 0 spiro atoms. The van der Waals surface area contributed by atoms with Crippen LogP contribution < -0.4 is 14.8 Å². The molecule has 31 heavy (non-hydrogen) atoms. The number of benzene rings is 2. The standard InChI is InChI=1S/C21H25BrCl2N2O3.2ClH/c1-27-20-11-15(13-25-4-5-26-6-8-28-9-7-26)10-18(22)21(20)29-14-16-2-3-17(23)12-19(16)24;;/h2-3,10-12,25H,4-9,13-14H2,1H3;2*1H. The maximum Gasteiger partial charge on any atom is 0.175 e. The van der Waals surface area contributed by atoms with E-state index in [4.69, 9.17) is 37.4 Å². The number of morpholine rings is 1. The molecule has 1 aliphatic heterocycles. The topological polar surface area (TPSA) is 43.0 Å². The van der Waals surface area contributed by atoms with E-state index in [0.29, 0.717) is 28.2 Å². The highest BCUT2D eigenvalue weighted by molar-refractivity contribution is 9.10. The molecule has 1 heterocycles. The smallest absolute Gasteiger partial charge is 0.175 e. The lowest BCUT2D eigenvalue weighted by molar-refractivity contribution is 0.0384. The summed E-state index contributed by atoms with van der Waals surface area (Å²) in [6.45, 7) is 6.68. The maximum atomic E-state index is 6.24. The van der Waals surface area contributed by atoms with Crippen molar-refractivity contribution in [3.05, 3.63) is 56.0 Å². The van der Waals surface area contributed by atoms with Crippen LogP contribution in [0.4, 0.5) is 0 Å². The van der Waals surface area contributed by atoms with E-state index < -0.39 is 0 Å². The Hall–Kier alpha value is -0.440. The number of nitrogens with zero attached hydrogens (tertiary/aromatic N) is 1. The molecule has 0 aromatic heterocycles. The predicted octanol–water partition coefficient (Wildman–Crippen LogP) is 5.61. The van der Waals surface area contributed by atoms with Crippen LogP contribution >= 0.6 is 63.9 Å². The van der Waals surface area contributed by atoms with E-state index in [1.54, 1.807) is 19.2 Å². The van der Waals surface area contributed by atoms with Crippen molar-refractivity contribution in [2.45, 2.75) is 13.2 Å². The van der Waals surface area contributed by atoms with Crippen molar-refractivity contribution in [3.63, 3.8) is 0 Å². The van der Waals surface area contributed by atoms with Crippen molar-refractivity contribution in [2.24, 2.45) is 0 Å². The van der Waals surface area contributed by atoms with E-state index in [2.05, 4.69) is 26.1 Å². The number of halogens is 5. The largest absolute Gasteiger partial charge is 0.493 e. The number of rotatable bonds is 9. The molecule has 0 unspecified atom stereocenters. The fraction of sp³-hybridized carbons (Fsp3) is 0.429. The van der Waals surface area contributed by atoms with Crippen LogP contribution in [0.2, 0.25) is 10.0 Å². The van der Waals surface area contributed by atoms with Crippen LogP contribution in [0.3, 0.4) is 0 Å². The maximum absolute atomic E-state index is 6.24. The van der Waals surface area contributed by atoms with Gasteiger partial charge < -0.3 is 19.5 Å². The molecule has 0 amide bonds. The quantitative estimate of drug-likeness (QED) is 0.393. The highest BCUT2D eigenvalue weighted by atomic mass is 79.9. The van der Waals surface area contributed by atoms with Gasteiger partial charge in [0.1, 0.15) is 6.61 Å². The van der Waals surface area contributed by atoms with Crippen molar-refractivity contribution in [1.82, 2.24) is 10.2 Å². The van der Waals surface area contributed by atoms with Gasteiger partial charge in [-0.1, -0.05) is 29.3 Å². The monoisotopic (exact) mass is 574 g/mol. The minimum atomic E-state index is 0. The highest BCUT2D eigenvalue weighted by Crippen LogP contribution is 2.37. The molecule has 0 radical (unpaired) electrons. The Morgan fingerprint density at radius 3 is 2.55 bits per heavy atom. The van der Waals surface area contributed by atoms with Crippen molar-refractivity contribution >= 4 is 63.9 Å². The Kier molecular flexibility index (Phi) is 13.5. The van der Waals surface area contributed by atoms with Gasteiger partial charge in [0, 0.05) is 48.3 Å². The van der Waals surface area contributed by atoms with Crippen molar-refractivity contribution in [3.8, 4) is 11.5 Å². The molecule has 0 saturated carbocycles. The summed E-state index contributed by atoms with van der Waals surface area (Å²) in [4.78, 5) is 2.41. The minimum absolute atomic E-state index is 0. The van der Waals surface area contributed by atoms with Crippen LogP contribution in [0.5, 0.6) is 11.5 Å². The molecular weight excluding hydrogens is 550 g/mol. The van der Waals surface area contributed by atoms with Gasteiger partial charge in [-0.15, -0.1) is 24.8 Å². The Balaban J connectivity index is 0.00000240. The Bertz CT molecular complexity index is 823. The molecule has 174 valence electrons. The molecule has 2 aromatic carbocycles. The first-order chi connectivity index (χ1) is 14.1. The van der Waals surface area contributed by atoms with Crippen LogP contribution in [-0.4, -0.2) is 51.4 Å². The molecular formula is C21H27BrCl4N2O3. The molecule has 0 bridgehead atoms. The predicted molar refractivity (Wildman–Crippen MR) is 135 cm³/mol. The fourth-order valence-corrected chi connectivity index (χ4v) is 4.17. The zero-order chi connectivity index (χ0) is 20.6. The van der Waals surface area contributed by atoms with Gasteiger partial charge in [0.2, 0.25) is 0 Å². The van der Waals surface area contributed by atoms with E-state index in [1.165, 1.54) is 0 Å². The molecule has 2 aromatic rings. The van der Waals surface area contributed by atoms with Crippen LogP contribution in [0.1, 0.15) is 11.1 Å². The molecule has 1 saturated heterocycles. The van der Waals surface area contributed by atoms with Gasteiger partial charge in [0.25, 0.3) is 0 Å². The summed E-state index contributed by atoms with van der Waals surface area (Å²) in [7, 11) is 1.64. The van der Waals surface area contributed by atoms with Gasteiger partial charge in [-0.05, 0) is 45.8 Å². The zero-order valence-electron chi connectivity index (χ0n) is 17.2. The van der Waals surface area contributed by atoms with Gasteiger partial charge in [0.05, 0.1) is 24.8 Å². The fourth-order valence-electron chi connectivity index (χ4n) is 3.10. The average molecular weight is 577 g/mol. The number of hydrogen-bond acceptors (Lipinski definition) is 5. The Morgan fingerprint density at radius 1 is 1.13 bits per heavy atom. The molecule has 1 aliphatic rings. The summed E-state index contributed by atoms with van der Waals surface area (Å²) in [6, 6.07) is 9.40. The second-order valence-corrected chi connectivity index (χ2v) is 8.46. The minimum Gasteiger partial charge on any atom is -0.493 e. The van der Waals surface area contributed by atoms with Crippen molar-refractivity contribution in [1.29, 1.82) is 0 Å². The third kappa shape index (κ3) is 8.78. The number of methoxy groups -OCH3 is 1. The van der Waals surface area contributed by atoms with Crippen LogP contribution in [0, 0.1) is 0 Å². The molecule has 3 rings (SSSR count). The molecule has 0 atom stereocenters. The first kappa shape index (κ1) is 28.6. The van der Waals surface area contributed by atoms with Gasteiger partial charge in [-0.2, -0.15) is 0 Å². The normalized spacial score (nSPS) is 13.8. The highest BCUT2D eigenvalue weighted by Gasteiger charge is 2.14. The molecule has 1 fully saturated rings. The third-order valence-corrected chi connectivity index (χ3v) is 5.89. The summed E-state index contributed by atoms with van der Waals surface area (Å²) in [5, 5.41) is 4.67. The first-order valence-corrected chi connectivity index (χ1v) is 11.1. The molecule has 10 heteroatoms. The van der Waals surface area contributed by atoms with Crippen LogP contribution in [0.15, 0.2) is 34.8 Å². The zero-order valence-corrected chi connectivity index (χ0v) is 21.9. The van der Waals surface area contributed by atoms with E-state index >= 15 is 0 Å². The second-order valence-electron chi connectivity index (χ2n) is 6.76. The van der Waals surface area contributed by atoms with E-state index in [9.17, 15) is 0 Å². The summed E-state index contributed by atoms with van der Waals surface area (Å²) in [6.07, 6.45) is 0.